The van der Waals surface area contributed by atoms with Crippen molar-refractivity contribution in [2.24, 2.45) is 11.8 Å². The highest BCUT2D eigenvalue weighted by Crippen LogP contribution is 2.41. The molecule has 3 aliphatic rings. The third kappa shape index (κ3) is 1.69. The van der Waals surface area contributed by atoms with E-state index in [0.717, 1.165) is 11.8 Å². The molecule has 2 heteroatoms. The molecule has 1 unspecified atom stereocenters. The number of nitrogens with one attached hydrogen (secondary N) is 2. The van der Waals surface area contributed by atoms with Crippen LogP contribution < -0.4 is 4.90 Å². The molecule has 21 heavy (non-hydrogen) atoms. The van der Waals surface area contributed by atoms with E-state index >= 15 is 0 Å². The second kappa shape index (κ2) is 4.48. The van der Waals surface area contributed by atoms with Crippen molar-refractivity contribution < 1.29 is 4.90 Å². The Labute approximate surface area is 125 Å². The number of quaternary nitrogens is 1. The molecular weight excluding hydrogens is 256 g/mol. The van der Waals surface area contributed by atoms with Gasteiger partial charge in [-0.25, -0.2) is 0 Å². The molecule has 0 bridgehead atoms. The second-order valence-corrected chi connectivity index (χ2v) is 7.12. The lowest BCUT2D eigenvalue weighted by molar-refractivity contribution is -0.921. The van der Waals surface area contributed by atoms with Gasteiger partial charge in [0.15, 0.2) is 0 Å². The Morgan fingerprint density at radius 1 is 1.10 bits per heavy atom. The Hall–Kier alpha value is -1.54. The van der Waals surface area contributed by atoms with E-state index < -0.39 is 0 Å². The van der Waals surface area contributed by atoms with Crippen molar-refractivity contribution in [2.45, 2.75) is 31.7 Å². The summed E-state index contributed by atoms with van der Waals surface area (Å²) in [5.74, 6) is 1.77. The number of fused-ring (bicyclic) bond motifs is 7. The summed E-state index contributed by atoms with van der Waals surface area (Å²) in [5, 5.41) is 1.48. The van der Waals surface area contributed by atoms with E-state index in [1.807, 2.05) is 4.90 Å². The Morgan fingerprint density at radius 2 is 2.00 bits per heavy atom. The molecule has 0 amide bonds. The molecule has 1 aromatic heterocycles. The minimum Gasteiger partial charge on any atom is -0.353 e. The van der Waals surface area contributed by atoms with Crippen molar-refractivity contribution in [1.29, 1.82) is 0 Å². The topological polar surface area (TPSA) is 20.2 Å². The van der Waals surface area contributed by atoms with E-state index in [4.69, 9.17) is 0 Å². The highest BCUT2D eigenvalue weighted by Gasteiger charge is 2.48. The molecule has 2 aliphatic heterocycles. The van der Waals surface area contributed by atoms with Crippen LogP contribution in [0.3, 0.4) is 0 Å². The van der Waals surface area contributed by atoms with Crippen molar-refractivity contribution >= 4 is 10.9 Å². The standard InChI is InChI=1S/C19H22N2/c1-2-7-14-13(6-1)12-21-11-5-9-16-15-8-3-4-10-17(15)20-18(16)19(14)21/h1-4,8,10,13-14,19-20H,5-7,9,11-12H2/p+1/t13-,14+,19-/m1/s1. The van der Waals surface area contributed by atoms with Gasteiger partial charge in [-0.2, -0.15) is 0 Å². The summed E-state index contributed by atoms with van der Waals surface area (Å²) in [4.78, 5) is 5.66. The van der Waals surface area contributed by atoms with Gasteiger partial charge in [0.2, 0.25) is 0 Å². The minimum absolute atomic E-state index is 0.713. The lowest BCUT2D eigenvalue weighted by Gasteiger charge is -2.24. The number of aromatic nitrogens is 1. The van der Waals surface area contributed by atoms with E-state index in [1.54, 1.807) is 11.3 Å². The van der Waals surface area contributed by atoms with Crippen molar-refractivity contribution in [2.75, 3.05) is 13.1 Å². The first-order valence-corrected chi connectivity index (χ1v) is 8.51. The lowest BCUT2D eigenvalue weighted by Crippen LogP contribution is -3.10. The summed E-state index contributed by atoms with van der Waals surface area (Å²) < 4.78 is 0. The monoisotopic (exact) mass is 279 g/mol. The largest absolute Gasteiger partial charge is 0.353 e. The number of hydrogen-bond donors (Lipinski definition) is 2. The quantitative estimate of drug-likeness (QED) is 0.692. The fourth-order valence-corrected chi connectivity index (χ4v) is 5.22. The highest BCUT2D eigenvalue weighted by atomic mass is 15.2. The lowest BCUT2D eigenvalue weighted by atomic mass is 9.80. The van der Waals surface area contributed by atoms with E-state index in [0.29, 0.717) is 6.04 Å². The predicted molar refractivity (Wildman–Crippen MR) is 85.4 cm³/mol. The SMILES string of the molecule is C1=CC[C@H]2[C@H](C1)C[NH+]1CCCc3c([nH]c4ccccc34)[C@@H]21. The molecule has 0 saturated carbocycles. The fraction of sp³-hybridized carbons (Fsp3) is 0.474. The van der Waals surface area contributed by atoms with Crippen LogP contribution in [0.2, 0.25) is 0 Å². The van der Waals surface area contributed by atoms with E-state index in [9.17, 15) is 0 Å². The number of allylic oxidation sites excluding steroid dienone is 2. The average molecular weight is 279 g/mol. The van der Waals surface area contributed by atoms with E-state index in [2.05, 4.69) is 41.4 Å². The van der Waals surface area contributed by atoms with Crippen LogP contribution in [0.1, 0.15) is 36.6 Å². The first-order valence-electron chi connectivity index (χ1n) is 8.51. The van der Waals surface area contributed by atoms with Crippen molar-refractivity contribution in [3.63, 3.8) is 0 Å². The van der Waals surface area contributed by atoms with Crippen LogP contribution in [-0.2, 0) is 6.42 Å². The summed E-state index contributed by atoms with van der Waals surface area (Å²) in [7, 11) is 0. The Bertz CT molecular complexity index is 711. The zero-order valence-electron chi connectivity index (χ0n) is 12.4. The number of para-hydroxylation sites is 1. The molecule has 1 fully saturated rings. The van der Waals surface area contributed by atoms with Gasteiger partial charge in [0.1, 0.15) is 6.04 Å². The molecule has 4 atom stereocenters. The van der Waals surface area contributed by atoms with Gasteiger partial charge < -0.3 is 9.88 Å². The van der Waals surface area contributed by atoms with Gasteiger partial charge in [-0.1, -0.05) is 30.4 Å². The Morgan fingerprint density at radius 3 is 3.00 bits per heavy atom. The Balaban J connectivity index is 1.69. The molecule has 1 aliphatic carbocycles. The molecule has 0 radical (unpaired) electrons. The van der Waals surface area contributed by atoms with Crippen molar-refractivity contribution in [3.8, 4) is 0 Å². The molecule has 1 aromatic carbocycles. The summed E-state index contributed by atoms with van der Waals surface area (Å²) in [5.41, 5.74) is 4.55. The number of hydrogen-bond acceptors (Lipinski definition) is 0. The smallest absolute Gasteiger partial charge is 0.132 e. The third-order valence-corrected chi connectivity index (χ3v) is 6.09. The third-order valence-electron chi connectivity index (χ3n) is 6.09. The van der Waals surface area contributed by atoms with Gasteiger partial charge in [0, 0.05) is 29.2 Å². The van der Waals surface area contributed by atoms with Crippen LogP contribution in [0.5, 0.6) is 0 Å². The van der Waals surface area contributed by atoms with Gasteiger partial charge in [-0.3, -0.25) is 0 Å². The minimum atomic E-state index is 0.713. The van der Waals surface area contributed by atoms with Gasteiger partial charge in [-0.05, 0) is 30.9 Å². The van der Waals surface area contributed by atoms with Gasteiger partial charge >= 0.3 is 0 Å². The number of aryl methyl sites for hydroxylation is 1. The first-order chi connectivity index (χ1) is 10.4. The maximum atomic E-state index is 3.82. The zero-order chi connectivity index (χ0) is 13.8. The van der Waals surface area contributed by atoms with Crippen molar-refractivity contribution in [1.82, 2.24) is 4.98 Å². The molecule has 2 N–H and O–H groups in total. The number of aromatic amines is 1. The van der Waals surface area contributed by atoms with Crippen LogP contribution in [-0.4, -0.2) is 18.1 Å². The molecular formula is C19H23N2+. The van der Waals surface area contributed by atoms with Crippen LogP contribution >= 0.6 is 0 Å². The van der Waals surface area contributed by atoms with E-state index in [1.165, 1.54) is 49.7 Å². The normalized spacial score (nSPS) is 34.3. The fourth-order valence-electron chi connectivity index (χ4n) is 5.22. The van der Waals surface area contributed by atoms with Gasteiger partial charge in [0.05, 0.1) is 18.8 Å². The summed E-state index contributed by atoms with van der Waals surface area (Å²) in [6.07, 6.45) is 10.0. The van der Waals surface area contributed by atoms with Crippen LogP contribution in [0.15, 0.2) is 36.4 Å². The van der Waals surface area contributed by atoms with Crippen LogP contribution in [0, 0.1) is 11.8 Å². The summed E-state index contributed by atoms with van der Waals surface area (Å²) in [6.45, 7) is 2.74. The molecule has 1 saturated heterocycles. The molecule has 108 valence electrons. The highest BCUT2D eigenvalue weighted by molar-refractivity contribution is 5.84. The second-order valence-electron chi connectivity index (χ2n) is 7.12. The number of H-pyrrole nitrogens is 1. The summed E-state index contributed by atoms with van der Waals surface area (Å²) in [6, 6.07) is 9.61. The van der Waals surface area contributed by atoms with Gasteiger partial charge in [0.25, 0.3) is 0 Å². The molecule has 3 heterocycles. The summed E-state index contributed by atoms with van der Waals surface area (Å²) >= 11 is 0. The maximum absolute atomic E-state index is 3.82. The van der Waals surface area contributed by atoms with Crippen molar-refractivity contribution in [3.05, 3.63) is 47.7 Å². The first kappa shape index (κ1) is 12.0. The van der Waals surface area contributed by atoms with Crippen LogP contribution in [0.4, 0.5) is 0 Å². The molecule has 2 nitrogen and oxygen atoms in total. The number of rotatable bonds is 0. The van der Waals surface area contributed by atoms with Gasteiger partial charge in [-0.15, -0.1) is 0 Å². The maximum Gasteiger partial charge on any atom is 0.132 e. The predicted octanol–water partition coefficient (Wildman–Crippen LogP) is 2.64. The van der Waals surface area contributed by atoms with E-state index in [-0.39, 0.29) is 0 Å². The zero-order valence-corrected chi connectivity index (χ0v) is 12.4. The molecule has 0 spiro atoms. The van der Waals surface area contributed by atoms with Crippen LogP contribution in [0.25, 0.3) is 10.9 Å². The Kier molecular flexibility index (Phi) is 2.57. The number of benzene rings is 1. The average Bonchev–Trinajstić information content (AvgIpc) is 3.00. The molecule has 5 rings (SSSR count). The molecule has 2 aromatic rings.